The molecular formula is C14H14BrClFNS. The van der Waals surface area contributed by atoms with Gasteiger partial charge in [-0.3, -0.25) is 0 Å². The number of nitrogens with one attached hydrogen (secondary N) is 1. The first-order valence-electron chi connectivity index (χ1n) is 6.05. The third kappa shape index (κ3) is 3.78. The summed E-state index contributed by atoms with van der Waals surface area (Å²) in [5.41, 5.74) is 0.916. The Kier molecular flexibility index (Phi) is 5.39. The van der Waals surface area contributed by atoms with Crippen LogP contribution in [0.25, 0.3) is 0 Å². The van der Waals surface area contributed by atoms with Crippen LogP contribution in [-0.2, 0) is 0 Å². The molecule has 1 atom stereocenters. The van der Waals surface area contributed by atoms with Crippen LogP contribution in [0, 0.1) is 5.82 Å². The maximum absolute atomic E-state index is 13.4. The molecule has 2 rings (SSSR count). The van der Waals surface area contributed by atoms with Gasteiger partial charge in [0, 0.05) is 9.35 Å². The number of rotatable bonds is 5. The van der Waals surface area contributed by atoms with Crippen LogP contribution in [0.5, 0.6) is 0 Å². The third-order valence-corrected chi connectivity index (χ3v) is 5.27. The minimum absolute atomic E-state index is 0.0237. The lowest BCUT2D eigenvalue weighted by atomic mass is 10.1. The minimum atomic E-state index is -0.220. The zero-order valence-corrected chi connectivity index (χ0v) is 13.6. The standard InChI is InChI=1S/C14H14BrClFNS/c1-2-6-18-13(9-4-3-5-10(17)7-9)12-8-11(15)14(16)19-12/h3-5,7-8,13,18H,2,6H2,1H3. The van der Waals surface area contributed by atoms with Crippen molar-refractivity contribution in [3.05, 3.63) is 55.4 Å². The van der Waals surface area contributed by atoms with E-state index in [1.165, 1.54) is 17.4 Å². The Balaban J connectivity index is 2.35. The van der Waals surface area contributed by atoms with Gasteiger partial charge < -0.3 is 5.32 Å². The predicted molar refractivity (Wildman–Crippen MR) is 83.6 cm³/mol. The fourth-order valence-corrected chi connectivity index (χ4v) is 3.70. The topological polar surface area (TPSA) is 12.0 Å². The van der Waals surface area contributed by atoms with E-state index < -0.39 is 0 Å². The highest BCUT2D eigenvalue weighted by Gasteiger charge is 2.17. The van der Waals surface area contributed by atoms with Gasteiger partial charge in [0.05, 0.1) is 6.04 Å². The number of thiophene rings is 1. The van der Waals surface area contributed by atoms with Crippen molar-refractivity contribution in [2.75, 3.05) is 6.54 Å². The van der Waals surface area contributed by atoms with Crippen molar-refractivity contribution < 1.29 is 4.39 Å². The summed E-state index contributed by atoms with van der Waals surface area (Å²) in [7, 11) is 0. The average molecular weight is 363 g/mol. The van der Waals surface area contributed by atoms with Crippen molar-refractivity contribution in [3.8, 4) is 0 Å². The SMILES string of the molecule is CCCNC(c1cccc(F)c1)c1cc(Br)c(Cl)s1. The van der Waals surface area contributed by atoms with Crippen molar-refractivity contribution >= 4 is 38.9 Å². The van der Waals surface area contributed by atoms with Gasteiger partial charge in [0.2, 0.25) is 0 Å². The minimum Gasteiger partial charge on any atom is -0.306 e. The molecule has 1 N–H and O–H groups in total. The van der Waals surface area contributed by atoms with Gasteiger partial charge in [0.1, 0.15) is 10.2 Å². The van der Waals surface area contributed by atoms with Gasteiger partial charge in [-0.1, -0.05) is 30.7 Å². The van der Waals surface area contributed by atoms with Crippen LogP contribution in [0.4, 0.5) is 4.39 Å². The highest BCUT2D eigenvalue weighted by atomic mass is 79.9. The molecule has 0 aliphatic heterocycles. The Bertz CT molecular complexity index is 539. The van der Waals surface area contributed by atoms with Gasteiger partial charge in [0.25, 0.3) is 0 Å². The molecule has 1 unspecified atom stereocenters. The zero-order valence-electron chi connectivity index (χ0n) is 10.4. The summed E-state index contributed by atoms with van der Waals surface area (Å²) in [5, 5.41) is 3.43. The number of hydrogen-bond acceptors (Lipinski definition) is 2. The first-order chi connectivity index (χ1) is 9.11. The average Bonchev–Trinajstić information content (AvgIpc) is 2.70. The van der Waals surface area contributed by atoms with Crippen molar-refractivity contribution in [1.29, 1.82) is 0 Å². The molecule has 1 nitrogen and oxygen atoms in total. The molecule has 0 spiro atoms. The number of hydrogen-bond donors (Lipinski definition) is 1. The fraction of sp³-hybridized carbons (Fsp3) is 0.286. The molecule has 0 bridgehead atoms. The lowest BCUT2D eigenvalue weighted by Gasteiger charge is -2.17. The Labute approximate surface area is 129 Å². The summed E-state index contributed by atoms with van der Waals surface area (Å²) >= 11 is 11.0. The Hall–Kier alpha value is -0.420. The largest absolute Gasteiger partial charge is 0.306 e. The van der Waals surface area contributed by atoms with E-state index in [4.69, 9.17) is 11.6 Å². The molecule has 2 aromatic rings. The molecule has 0 aliphatic rings. The number of benzene rings is 1. The van der Waals surface area contributed by atoms with Crippen molar-refractivity contribution in [3.63, 3.8) is 0 Å². The molecule has 0 saturated heterocycles. The first kappa shape index (κ1) is 15.0. The Morgan fingerprint density at radius 1 is 1.42 bits per heavy atom. The van der Waals surface area contributed by atoms with E-state index in [-0.39, 0.29) is 11.9 Å². The third-order valence-electron chi connectivity index (χ3n) is 2.73. The Morgan fingerprint density at radius 2 is 2.21 bits per heavy atom. The van der Waals surface area contributed by atoms with Gasteiger partial charge in [-0.2, -0.15) is 0 Å². The van der Waals surface area contributed by atoms with Crippen LogP contribution in [-0.4, -0.2) is 6.54 Å². The molecule has 19 heavy (non-hydrogen) atoms. The van der Waals surface area contributed by atoms with Crippen LogP contribution in [0.3, 0.4) is 0 Å². The van der Waals surface area contributed by atoms with Crippen molar-refractivity contribution in [2.45, 2.75) is 19.4 Å². The lowest BCUT2D eigenvalue weighted by molar-refractivity contribution is 0.591. The highest BCUT2D eigenvalue weighted by Crippen LogP contribution is 2.37. The molecule has 1 heterocycles. The zero-order chi connectivity index (χ0) is 13.8. The highest BCUT2D eigenvalue weighted by molar-refractivity contribution is 9.10. The van der Waals surface area contributed by atoms with Crippen molar-refractivity contribution in [2.24, 2.45) is 0 Å². The van der Waals surface area contributed by atoms with Gasteiger partial charge in [-0.25, -0.2) is 4.39 Å². The van der Waals surface area contributed by atoms with Gasteiger partial charge in [-0.15, -0.1) is 11.3 Å². The second-order valence-electron chi connectivity index (χ2n) is 4.21. The van der Waals surface area contributed by atoms with Crippen LogP contribution in [0.15, 0.2) is 34.8 Å². The summed E-state index contributed by atoms with van der Waals surface area (Å²) in [6.07, 6.45) is 1.02. The molecule has 5 heteroatoms. The van der Waals surface area contributed by atoms with Crippen LogP contribution in [0.1, 0.15) is 29.8 Å². The molecule has 0 fully saturated rings. The summed E-state index contributed by atoms with van der Waals surface area (Å²) in [6.45, 7) is 2.97. The van der Waals surface area contributed by atoms with E-state index in [1.807, 2.05) is 12.1 Å². The van der Waals surface area contributed by atoms with Gasteiger partial charge in [0.15, 0.2) is 0 Å². The van der Waals surface area contributed by atoms with Gasteiger partial charge >= 0.3 is 0 Å². The van der Waals surface area contributed by atoms with E-state index in [0.29, 0.717) is 0 Å². The molecule has 1 aromatic heterocycles. The first-order valence-corrected chi connectivity index (χ1v) is 8.04. The summed E-state index contributed by atoms with van der Waals surface area (Å²) < 4.78 is 15.0. The normalized spacial score (nSPS) is 12.6. The van der Waals surface area contributed by atoms with Crippen LogP contribution < -0.4 is 5.32 Å². The van der Waals surface area contributed by atoms with Gasteiger partial charge in [-0.05, 0) is 52.7 Å². The molecule has 0 aliphatic carbocycles. The smallest absolute Gasteiger partial charge is 0.123 e. The fourth-order valence-electron chi connectivity index (χ4n) is 1.86. The maximum atomic E-state index is 13.4. The van der Waals surface area contributed by atoms with E-state index in [1.54, 1.807) is 12.1 Å². The molecule has 1 aromatic carbocycles. The summed E-state index contributed by atoms with van der Waals surface area (Å²) in [5.74, 6) is -0.220. The van der Waals surface area contributed by atoms with Crippen molar-refractivity contribution in [1.82, 2.24) is 5.32 Å². The Morgan fingerprint density at radius 3 is 2.79 bits per heavy atom. The molecular weight excluding hydrogens is 349 g/mol. The molecule has 102 valence electrons. The lowest BCUT2D eigenvalue weighted by Crippen LogP contribution is -2.22. The van der Waals surface area contributed by atoms with E-state index >= 15 is 0 Å². The molecule has 0 radical (unpaired) electrons. The molecule has 0 saturated carbocycles. The van der Waals surface area contributed by atoms with Crippen LogP contribution in [0.2, 0.25) is 4.34 Å². The monoisotopic (exact) mass is 361 g/mol. The maximum Gasteiger partial charge on any atom is 0.123 e. The second kappa shape index (κ2) is 6.84. The predicted octanol–water partition coefficient (Wildman–Crippen LogP) is 5.39. The van der Waals surface area contributed by atoms with E-state index in [2.05, 4.69) is 28.2 Å². The summed E-state index contributed by atoms with van der Waals surface area (Å²) in [6, 6.07) is 8.65. The summed E-state index contributed by atoms with van der Waals surface area (Å²) in [4.78, 5) is 1.08. The second-order valence-corrected chi connectivity index (χ2v) is 6.75. The van der Waals surface area contributed by atoms with E-state index in [9.17, 15) is 4.39 Å². The quantitative estimate of drug-likeness (QED) is 0.751. The van der Waals surface area contributed by atoms with E-state index in [0.717, 1.165) is 32.2 Å². The molecule has 0 amide bonds. The van der Waals surface area contributed by atoms with Crippen LogP contribution >= 0.6 is 38.9 Å². The number of halogens is 3.